The Morgan fingerprint density at radius 2 is 0.882 bits per heavy atom. The van der Waals surface area contributed by atoms with Crippen molar-refractivity contribution in [1.29, 1.82) is 0 Å². The highest BCUT2D eigenvalue weighted by atomic mass is 16.3. The smallest absolute Gasteiger partial charge is 0.123 e. The van der Waals surface area contributed by atoms with Crippen molar-refractivity contribution < 1.29 is 10.2 Å². The average Bonchev–Trinajstić information content (AvgIpc) is 3.45. The Morgan fingerprint density at radius 3 is 1.18 bits per heavy atom. The number of aromatic hydroxyl groups is 2. The van der Waals surface area contributed by atoms with Crippen LogP contribution >= 0.6 is 0 Å². The number of hydrogen-bond donors (Lipinski definition) is 2. The molecule has 0 atom stereocenters. The second-order valence-corrected chi connectivity index (χ2v) is 13.0. The summed E-state index contributed by atoms with van der Waals surface area (Å²) in [5.41, 5.74) is 5.65. The van der Waals surface area contributed by atoms with Crippen LogP contribution in [-0.2, 0) is 16.2 Å². The summed E-state index contributed by atoms with van der Waals surface area (Å²) in [6.07, 6.45) is 11.6. The average molecular weight is 465 g/mol. The second-order valence-electron chi connectivity index (χ2n) is 13.0. The molecule has 2 saturated carbocycles. The van der Waals surface area contributed by atoms with Gasteiger partial charge in [-0.25, -0.2) is 0 Å². The van der Waals surface area contributed by atoms with Gasteiger partial charge < -0.3 is 10.2 Å². The van der Waals surface area contributed by atoms with E-state index < -0.39 is 0 Å². The van der Waals surface area contributed by atoms with Crippen LogP contribution in [0.2, 0.25) is 0 Å². The summed E-state index contributed by atoms with van der Waals surface area (Å²) in [6, 6.07) is 8.51. The number of phenolic OH excluding ortho intramolecular Hbond substituents is 2. The van der Waals surface area contributed by atoms with Gasteiger partial charge in [0, 0.05) is 16.5 Å². The van der Waals surface area contributed by atoms with Crippen LogP contribution in [0.4, 0.5) is 0 Å². The SMILES string of the molecule is C1CCCC1.Cc1cc(C(C)(C)C)c(O)c(C2(c3cc(C)cc(C(C)(C)C)c3O)CCCC2)c1. The Balaban J connectivity index is 0.000000574. The van der Waals surface area contributed by atoms with Crippen LogP contribution in [-0.4, -0.2) is 10.2 Å². The van der Waals surface area contributed by atoms with E-state index in [4.69, 9.17) is 0 Å². The van der Waals surface area contributed by atoms with Crippen molar-refractivity contribution in [3.05, 3.63) is 57.6 Å². The second kappa shape index (κ2) is 9.96. The van der Waals surface area contributed by atoms with E-state index in [0.29, 0.717) is 11.5 Å². The summed E-state index contributed by atoms with van der Waals surface area (Å²) in [5.74, 6) is 0.812. The van der Waals surface area contributed by atoms with E-state index in [0.717, 1.165) is 59.1 Å². The molecule has 0 aromatic heterocycles. The first kappa shape index (κ1) is 26.6. The molecular weight excluding hydrogens is 416 g/mol. The van der Waals surface area contributed by atoms with Gasteiger partial charge in [-0.05, 0) is 48.6 Å². The Morgan fingerprint density at radius 1 is 0.559 bits per heavy atom. The van der Waals surface area contributed by atoms with E-state index in [2.05, 4.69) is 79.7 Å². The molecular formula is C32H48O2. The molecule has 0 heterocycles. The van der Waals surface area contributed by atoms with Gasteiger partial charge in [-0.1, -0.05) is 122 Å². The molecule has 0 saturated heterocycles. The highest BCUT2D eigenvalue weighted by Gasteiger charge is 2.43. The van der Waals surface area contributed by atoms with Gasteiger partial charge in [-0.2, -0.15) is 0 Å². The third-order valence-corrected chi connectivity index (χ3v) is 7.86. The highest BCUT2D eigenvalue weighted by Crippen LogP contribution is 2.54. The maximum atomic E-state index is 11.4. The normalized spacial score (nSPS) is 18.0. The van der Waals surface area contributed by atoms with Gasteiger partial charge in [0.15, 0.2) is 0 Å². The maximum Gasteiger partial charge on any atom is 0.123 e. The molecule has 2 heteroatoms. The Bertz CT molecular complexity index is 912. The molecule has 4 rings (SSSR count). The summed E-state index contributed by atoms with van der Waals surface area (Å²) in [6.45, 7) is 17.1. The molecule has 0 aliphatic heterocycles. The third kappa shape index (κ3) is 5.47. The van der Waals surface area contributed by atoms with Crippen LogP contribution in [0, 0.1) is 13.8 Å². The van der Waals surface area contributed by atoms with Crippen molar-refractivity contribution in [2.45, 2.75) is 129 Å². The lowest BCUT2D eigenvalue weighted by atomic mass is 9.68. The highest BCUT2D eigenvalue weighted by molar-refractivity contribution is 5.59. The van der Waals surface area contributed by atoms with E-state index in [1.165, 1.54) is 32.1 Å². The van der Waals surface area contributed by atoms with Gasteiger partial charge in [0.05, 0.1) is 0 Å². The van der Waals surface area contributed by atoms with Crippen LogP contribution in [0.3, 0.4) is 0 Å². The largest absolute Gasteiger partial charge is 0.507 e. The van der Waals surface area contributed by atoms with Crippen LogP contribution in [0.15, 0.2) is 24.3 Å². The summed E-state index contributed by atoms with van der Waals surface area (Å²) in [7, 11) is 0. The molecule has 2 N–H and O–H groups in total. The first-order chi connectivity index (χ1) is 15.8. The van der Waals surface area contributed by atoms with E-state index in [9.17, 15) is 10.2 Å². The van der Waals surface area contributed by atoms with Gasteiger partial charge in [0.1, 0.15) is 11.5 Å². The quantitative estimate of drug-likeness (QED) is 0.465. The number of phenols is 2. The van der Waals surface area contributed by atoms with E-state index in [1.807, 2.05) is 0 Å². The zero-order chi connectivity index (χ0) is 25.3. The maximum absolute atomic E-state index is 11.4. The Kier molecular flexibility index (Phi) is 7.80. The van der Waals surface area contributed by atoms with Gasteiger partial charge in [0.25, 0.3) is 0 Å². The molecule has 2 aromatic rings. The molecule has 2 aliphatic carbocycles. The fourth-order valence-electron chi connectivity index (χ4n) is 5.98. The van der Waals surface area contributed by atoms with Crippen molar-refractivity contribution in [2.24, 2.45) is 0 Å². The predicted octanol–water partition coefficient (Wildman–Crippen LogP) is 9.12. The first-order valence-electron chi connectivity index (χ1n) is 13.5. The first-order valence-corrected chi connectivity index (χ1v) is 13.5. The molecule has 0 spiro atoms. The molecule has 2 nitrogen and oxygen atoms in total. The molecule has 188 valence electrons. The van der Waals surface area contributed by atoms with E-state index in [1.54, 1.807) is 0 Å². The summed E-state index contributed by atoms with van der Waals surface area (Å²) in [4.78, 5) is 0. The third-order valence-electron chi connectivity index (χ3n) is 7.86. The zero-order valence-electron chi connectivity index (χ0n) is 23.1. The van der Waals surface area contributed by atoms with Crippen LogP contribution < -0.4 is 0 Å². The van der Waals surface area contributed by atoms with Crippen molar-refractivity contribution in [3.63, 3.8) is 0 Å². The molecule has 2 aliphatic rings. The molecule has 0 amide bonds. The summed E-state index contributed by atoms with van der Waals surface area (Å²) in [5, 5.41) is 22.9. The van der Waals surface area contributed by atoms with Crippen molar-refractivity contribution >= 4 is 0 Å². The van der Waals surface area contributed by atoms with Crippen molar-refractivity contribution in [2.75, 3.05) is 0 Å². The lowest BCUT2D eigenvalue weighted by Gasteiger charge is -2.36. The molecule has 34 heavy (non-hydrogen) atoms. The lowest BCUT2D eigenvalue weighted by Crippen LogP contribution is -2.27. The number of aryl methyl sites for hydroxylation is 2. The fraction of sp³-hybridized carbons (Fsp3) is 0.625. The molecule has 2 fully saturated rings. The van der Waals surface area contributed by atoms with E-state index in [-0.39, 0.29) is 16.2 Å². The van der Waals surface area contributed by atoms with Gasteiger partial charge in [-0.15, -0.1) is 0 Å². The van der Waals surface area contributed by atoms with Crippen LogP contribution in [0.1, 0.15) is 133 Å². The number of benzene rings is 2. The van der Waals surface area contributed by atoms with Gasteiger partial charge >= 0.3 is 0 Å². The van der Waals surface area contributed by atoms with Crippen molar-refractivity contribution in [1.82, 2.24) is 0 Å². The zero-order valence-corrected chi connectivity index (χ0v) is 23.1. The molecule has 0 bridgehead atoms. The minimum absolute atomic E-state index is 0.143. The Labute approximate surface area is 208 Å². The van der Waals surface area contributed by atoms with E-state index >= 15 is 0 Å². The van der Waals surface area contributed by atoms with Crippen LogP contribution in [0.25, 0.3) is 0 Å². The number of hydrogen-bond acceptors (Lipinski definition) is 2. The summed E-state index contributed by atoms with van der Waals surface area (Å²) >= 11 is 0. The molecule has 0 radical (unpaired) electrons. The number of rotatable bonds is 2. The lowest BCUT2D eigenvalue weighted by molar-refractivity contribution is 0.396. The molecule has 0 unspecified atom stereocenters. The topological polar surface area (TPSA) is 40.5 Å². The monoisotopic (exact) mass is 464 g/mol. The van der Waals surface area contributed by atoms with Gasteiger partial charge in [-0.3, -0.25) is 0 Å². The van der Waals surface area contributed by atoms with Crippen LogP contribution in [0.5, 0.6) is 11.5 Å². The molecule has 2 aromatic carbocycles. The predicted molar refractivity (Wildman–Crippen MR) is 145 cm³/mol. The summed E-state index contributed by atoms with van der Waals surface area (Å²) < 4.78 is 0. The van der Waals surface area contributed by atoms with Gasteiger partial charge in [0.2, 0.25) is 0 Å². The minimum Gasteiger partial charge on any atom is -0.507 e. The Hall–Kier alpha value is -1.96. The fourth-order valence-corrected chi connectivity index (χ4v) is 5.98. The standard InChI is InChI=1S/C27H38O2.C5H10/c1-17-13-19(25(3,4)5)23(28)21(15-17)27(11-9-10-12-27)22-16-18(2)14-20(24(22)29)26(6,7)8;1-2-4-5-3-1/h13-16,28-29H,9-12H2,1-8H3;1-5H2. The minimum atomic E-state index is -0.341. The van der Waals surface area contributed by atoms with Crippen molar-refractivity contribution in [3.8, 4) is 11.5 Å².